The zero-order valence-electron chi connectivity index (χ0n) is 14.5. The molecule has 1 amide bonds. The van der Waals surface area contributed by atoms with E-state index >= 15 is 0 Å². The minimum absolute atomic E-state index is 0.0598. The molecule has 0 saturated carbocycles. The lowest BCUT2D eigenvalue weighted by molar-refractivity contribution is -0.121. The van der Waals surface area contributed by atoms with Crippen molar-refractivity contribution in [1.82, 2.24) is 14.5 Å². The van der Waals surface area contributed by atoms with E-state index in [0.717, 1.165) is 16.2 Å². The monoisotopic (exact) mass is 371 g/mol. The molecule has 0 aliphatic carbocycles. The number of amides is 1. The highest BCUT2D eigenvalue weighted by Crippen LogP contribution is 2.34. The molecule has 0 radical (unpaired) electrons. The van der Waals surface area contributed by atoms with Crippen LogP contribution >= 0.6 is 11.3 Å². The third-order valence-corrected chi connectivity index (χ3v) is 8.37. The number of sulfonamides is 1. The first-order chi connectivity index (χ1) is 11.2. The van der Waals surface area contributed by atoms with E-state index in [2.05, 4.69) is 10.2 Å². The molecule has 3 rings (SSSR count). The van der Waals surface area contributed by atoms with E-state index in [-0.39, 0.29) is 11.4 Å². The fraction of sp³-hybridized carbons (Fsp3) is 0.688. The standard InChI is InChI=1S/C16H25N3O3S2/c1-12-10-14(13(2)23-12)24(21,22)19-9-8-18(3)16(11-19)5-4-15(20)17-7-6-16/h10H,4-9,11H2,1-3H3,(H,17,20). The van der Waals surface area contributed by atoms with Crippen molar-refractivity contribution in [3.63, 3.8) is 0 Å². The second-order valence-corrected chi connectivity index (χ2v) is 10.2. The Labute approximate surface area is 147 Å². The second-order valence-electron chi connectivity index (χ2n) is 6.86. The van der Waals surface area contributed by atoms with E-state index in [1.165, 1.54) is 11.3 Å². The quantitative estimate of drug-likeness (QED) is 0.852. The van der Waals surface area contributed by atoms with E-state index in [0.29, 0.717) is 43.9 Å². The maximum Gasteiger partial charge on any atom is 0.244 e. The number of thiophene rings is 1. The fourth-order valence-electron chi connectivity index (χ4n) is 3.77. The molecule has 2 fully saturated rings. The Morgan fingerprint density at radius 1 is 1.25 bits per heavy atom. The summed E-state index contributed by atoms with van der Waals surface area (Å²) in [5, 5.41) is 2.90. The van der Waals surface area contributed by atoms with Crippen molar-refractivity contribution in [2.45, 2.75) is 43.5 Å². The van der Waals surface area contributed by atoms with Crippen molar-refractivity contribution in [3.8, 4) is 0 Å². The highest BCUT2D eigenvalue weighted by Gasteiger charge is 2.44. The van der Waals surface area contributed by atoms with Gasteiger partial charge in [-0.15, -0.1) is 11.3 Å². The Kier molecular flexibility index (Phi) is 4.76. The third-order valence-electron chi connectivity index (χ3n) is 5.31. The largest absolute Gasteiger partial charge is 0.356 e. The summed E-state index contributed by atoms with van der Waals surface area (Å²) < 4.78 is 27.9. The van der Waals surface area contributed by atoms with Gasteiger partial charge in [-0.05, 0) is 39.8 Å². The molecular formula is C16H25N3O3S2. The van der Waals surface area contributed by atoms with E-state index in [4.69, 9.17) is 0 Å². The van der Waals surface area contributed by atoms with Gasteiger partial charge in [-0.2, -0.15) is 4.31 Å². The van der Waals surface area contributed by atoms with Crippen molar-refractivity contribution in [3.05, 3.63) is 15.8 Å². The maximum absolute atomic E-state index is 13.1. The zero-order chi connectivity index (χ0) is 17.5. The predicted octanol–water partition coefficient (Wildman–Crippen LogP) is 1.34. The summed E-state index contributed by atoms with van der Waals surface area (Å²) in [4.78, 5) is 16.2. The first-order valence-corrected chi connectivity index (χ1v) is 10.6. The highest BCUT2D eigenvalue weighted by atomic mass is 32.2. The Balaban J connectivity index is 1.90. The van der Waals surface area contributed by atoms with Gasteiger partial charge in [-0.25, -0.2) is 8.42 Å². The zero-order valence-corrected chi connectivity index (χ0v) is 16.1. The number of aryl methyl sites for hydroxylation is 2. The molecule has 2 aliphatic rings. The Morgan fingerprint density at radius 3 is 2.67 bits per heavy atom. The average Bonchev–Trinajstić information content (AvgIpc) is 2.75. The molecule has 1 aromatic heterocycles. The SMILES string of the molecule is Cc1cc(S(=O)(=O)N2CCN(C)C3(CCNC(=O)CC3)C2)c(C)s1. The van der Waals surface area contributed by atoms with Crippen molar-refractivity contribution in [2.75, 3.05) is 33.2 Å². The Hall–Kier alpha value is -0.960. The third kappa shape index (κ3) is 3.12. The van der Waals surface area contributed by atoms with Gasteiger partial charge < -0.3 is 5.32 Å². The van der Waals surface area contributed by atoms with Gasteiger partial charge >= 0.3 is 0 Å². The van der Waals surface area contributed by atoms with Crippen LogP contribution < -0.4 is 5.32 Å². The van der Waals surface area contributed by atoms with Crippen LogP contribution in [0.3, 0.4) is 0 Å². The molecular weight excluding hydrogens is 346 g/mol. The number of piperazine rings is 1. The predicted molar refractivity (Wildman–Crippen MR) is 94.8 cm³/mol. The Morgan fingerprint density at radius 2 is 2.00 bits per heavy atom. The van der Waals surface area contributed by atoms with Crippen molar-refractivity contribution in [2.24, 2.45) is 0 Å². The van der Waals surface area contributed by atoms with E-state index < -0.39 is 10.0 Å². The molecule has 1 spiro atoms. The van der Waals surface area contributed by atoms with Crippen molar-refractivity contribution < 1.29 is 13.2 Å². The summed E-state index contributed by atoms with van der Waals surface area (Å²) in [7, 11) is -1.44. The number of nitrogens with one attached hydrogen (secondary N) is 1. The summed E-state index contributed by atoms with van der Waals surface area (Å²) in [5.74, 6) is 0.0598. The minimum Gasteiger partial charge on any atom is -0.356 e. The topological polar surface area (TPSA) is 69.7 Å². The normalized spacial score (nSPS) is 27.2. The van der Waals surface area contributed by atoms with E-state index in [1.807, 2.05) is 20.9 Å². The van der Waals surface area contributed by atoms with Crippen LogP contribution in [0, 0.1) is 13.8 Å². The van der Waals surface area contributed by atoms with Crippen LogP contribution in [0.25, 0.3) is 0 Å². The van der Waals surface area contributed by atoms with E-state index in [1.54, 1.807) is 10.4 Å². The number of likely N-dealkylation sites (N-methyl/N-ethyl adjacent to an activating group) is 1. The second kappa shape index (κ2) is 6.40. The highest BCUT2D eigenvalue weighted by molar-refractivity contribution is 7.89. The Bertz CT molecular complexity index is 744. The smallest absolute Gasteiger partial charge is 0.244 e. The van der Waals surface area contributed by atoms with Gasteiger partial charge in [0.2, 0.25) is 15.9 Å². The minimum atomic E-state index is -3.48. The summed E-state index contributed by atoms with van der Waals surface area (Å²) in [5.41, 5.74) is -0.260. The molecule has 2 aliphatic heterocycles. The molecule has 2 saturated heterocycles. The van der Waals surface area contributed by atoms with Crippen LogP contribution in [0.5, 0.6) is 0 Å². The number of carbonyl (C=O) groups excluding carboxylic acids is 1. The lowest BCUT2D eigenvalue weighted by Gasteiger charge is -2.48. The van der Waals surface area contributed by atoms with Gasteiger partial charge in [0.15, 0.2) is 0 Å². The molecule has 1 aromatic rings. The molecule has 0 bridgehead atoms. The lowest BCUT2D eigenvalue weighted by atomic mass is 9.87. The molecule has 1 N–H and O–H groups in total. The first-order valence-electron chi connectivity index (χ1n) is 8.30. The van der Waals surface area contributed by atoms with Gasteiger partial charge in [0, 0.05) is 47.9 Å². The molecule has 6 nitrogen and oxygen atoms in total. The molecule has 1 atom stereocenters. The van der Waals surface area contributed by atoms with Crippen LogP contribution in [0.15, 0.2) is 11.0 Å². The number of nitrogens with zero attached hydrogens (tertiary/aromatic N) is 2. The van der Waals surface area contributed by atoms with Crippen molar-refractivity contribution in [1.29, 1.82) is 0 Å². The molecule has 8 heteroatoms. The molecule has 3 heterocycles. The van der Waals surface area contributed by atoms with Gasteiger partial charge in [-0.3, -0.25) is 9.69 Å². The average molecular weight is 372 g/mol. The summed E-state index contributed by atoms with van der Waals surface area (Å²) in [6.45, 7) is 6.05. The number of hydrogen-bond donors (Lipinski definition) is 1. The van der Waals surface area contributed by atoms with Gasteiger partial charge in [0.05, 0.1) is 4.90 Å². The summed E-state index contributed by atoms with van der Waals surface area (Å²) in [6, 6.07) is 1.78. The summed E-state index contributed by atoms with van der Waals surface area (Å²) >= 11 is 1.52. The molecule has 24 heavy (non-hydrogen) atoms. The van der Waals surface area contributed by atoms with E-state index in [9.17, 15) is 13.2 Å². The number of carbonyl (C=O) groups is 1. The van der Waals surface area contributed by atoms with Gasteiger partial charge in [-0.1, -0.05) is 0 Å². The lowest BCUT2D eigenvalue weighted by Crippen LogP contribution is -2.62. The van der Waals surface area contributed by atoms with Gasteiger partial charge in [0.1, 0.15) is 0 Å². The molecule has 1 unspecified atom stereocenters. The van der Waals surface area contributed by atoms with Crippen LogP contribution in [0.1, 0.15) is 29.0 Å². The van der Waals surface area contributed by atoms with Crippen LogP contribution in [0.2, 0.25) is 0 Å². The molecule has 134 valence electrons. The van der Waals surface area contributed by atoms with Crippen molar-refractivity contribution >= 4 is 27.3 Å². The van der Waals surface area contributed by atoms with Crippen LogP contribution in [0.4, 0.5) is 0 Å². The first kappa shape index (κ1) is 17.8. The summed E-state index contributed by atoms with van der Waals surface area (Å²) in [6.07, 6.45) is 1.93. The van der Waals surface area contributed by atoms with Crippen LogP contribution in [-0.2, 0) is 14.8 Å². The number of hydrogen-bond acceptors (Lipinski definition) is 5. The maximum atomic E-state index is 13.1. The van der Waals surface area contributed by atoms with Gasteiger partial charge in [0.25, 0.3) is 0 Å². The molecule has 0 aromatic carbocycles. The van der Waals surface area contributed by atoms with Crippen LogP contribution in [-0.4, -0.2) is 62.3 Å². The fourth-order valence-corrected chi connectivity index (χ4v) is 6.80. The number of rotatable bonds is 2.